The highest BCUT2D eigenvalue weighted by Crippen LogP contribution is 2.49. The van der Waals surface area contributed by atoms with Crippen molar-refractivity contribution in [3.05, 3.63) is 0 Å². The summed E-state index contributed by atoms with van der Waals surface area (Å²) in [6.07, 6.45) is 1.42. The van der Waals surface area contributed by atoms with Crippen LogP contribution < -0.4 is 0 Å². The minimum Gasteiger partial charge on any atom is -0.410 e. The number of oxime groups is 1. The molecule has 0 aromatic carbocycles. The van der Waals surface area contributed by atoms with Gasteiger partial charge < -0.3 is 14.3 Å². The summed E-state index contributed by atoms with van der Waals surface area (Å²) in [6.45, 7) is 3.99. The molecular formula is C8H16NO5P. The second-order valence-electron chi connectivity index (χ2n) is 2.74. The lowest BCUT2D eigenvalue weighted by Gasteiger charge is -2.15. The number of rotatable bonds is 8. The van der Waals surface area contributed by atoms with Crippen LogP contribution >= 0.6 is 7.60 Å². The average Bonchev–Trinajstić information content (AvgIpc) is 2.25. The van der Waals surface area contributed by atoms with E-state index in [2.05, 4.69) is 5.16 Å². The molecule has 0 rings (SSSR count). The molecule has 15 heavy (non-hydrogen) atoms. The highest BCUT2D eigenvalue weighted by Gasteiger charge is 2.32. The molecule has 0 saturated heterocycles. The Morgan fingerprint density at radius 1 is 1.33 bits per heavy atom. The topological polar surface area (TPSA) is 85.2 Å². The number of nitrogens with zero attached hydrogens (tertiary/aromatic N) is 1. The van der Waals surface area contributed by atoms with Crippen molar-refractivity contribution in [1.82, 2.24) is 0 Å². The molecule has 6 nitrogen and oxygen atoms in total. The first-order valence-corrected chi connectivity index (χ1v) is 6.25. The summed E-state index contributed by atoms with van der Waals surface area (Å²) >= 11 is 0. The number of hydrogen-bond donors (Lipinski definition) is 1. The second kappa shape index (κ2) is 7.56. The Labute approximate surface area is 88.8 Å². The monoisotopic (exact) mass is 237 g/mol. The van der Waals surface area contributed by atoms with Gasteiger partial charge in [0.15, 0.2) is 6.29 Å². The molecule has 0 aliphatic carbocycles. The van der Waals surface area contributed by atoms with Crippen molar-refractivity contribution in [3.63, 3.8) is 0 Å². The van der Waals surface area contributed by atoms with E-state index in [4.69, 9.17) is 14.3 Å². The quantitative estimate of drug-likeness (QED) is 0.229. The minimum atomic E-state index is -3.73. The van der Waals surface area contributed by atoms with E-state index < -0.39 is 13.0 Å². The van der Waals surface area contributed by atoms with E-state index >= 15 is 0 Å². The molecule has 1 N–H and O–H groups in total. The van der Waals surface area contributed by atoms with Crippen LogP contribution in [0.5, 0.6) is 0 Å². The molecule has 0 aliphatic rings. The molecule has 0 atom stereocenters. The van der Waals surface area contributed by atoms with E-state index in [0.29, 0.717) is 12.8 Å². The first-order chi connectivity index (χ1) is 7.14. The molecule has 0 bridgehead atoms. The predicted octanol–water partition coefficient (Wildman–Crippen LogP) is 2.02. The summed E-state index contributed by atoms with van der Waals surface area (Å²) in [4.78, 5) is 10.5. The van der Waals surface area contributed by atoms with Gasteiger partial charge in [0, 0.05) is 0 Å². The Kier molecular flexibility index (Phi) is 7.21. The smallest absolute Gasteiger partial charge is 0.386 e. The molecule has 0 aliphatic heterocycles. The van der Waals surface area contributed by atoms with Gasteiger partial charge in [0.2, 0.25) is 5.45 Å². The standard InChI is InChI=1S/C8H16NO5P/c1-3-5-13-15(12,14-6-4-2)8(7-10)9-11/h7,11H,3-6H2,1-2H3/b9-8+. The van der Waals surface area contributed by atoms with E-state index in [1.54, 1.807) is 0 Å². The van der Waals surface area contributed by atoms with Crippen molar-refractivity contribution in [2.75, 3.05) is 13.2 Å². The van der Waals surface area contributed by atoms with Crippen molar-refractivity contribution >= 4 is 19.3 Å². The molecule has 0 unspecified atom stereocenters. The Bertz CT molecular complexity index is 254. The maximum Gasteiger partial charge on any atom is 0.386 e. The lowest BCUT2D eigenvalue weighted by Crippen LogP contribution is -2.09. The van der Waals surface area contributed by atoms with Gasteiger partial charge in [-0.05, 0) is 12.8 Å². The summed E-state index contributed by atoms with van der Waals surface area (Å²) in [6, 6.07) is 0. The predicted molar refractivity (Wildman–Crippen MR) is 55.4 cm³/mol. The van der Waals surface area contributed by atoms with Crippen LogP contribution in [0.25, 0.3) is 0 Å². The Balaban J connectivity index is 4.67. The summed E-state index contributed by atoms with van der Waals surface area (Å²) in [7, 11) is -3.73. The van der Waals surface area contributed by atoms with Crippen LogP contribution in [0.15, 0.2) is 5.16 Å². The van der Waals surface area contributed by atoms with Gasteiger partial charge in [0.1, 0.15) is 0 Å². The molecule has 7 heteroatoms. The van der Waals surface area contributed by atoms with Crippen LogP contribution in [-0.2, 0) is 18.4 Å². The molecule has 0 aromatic rings. The number of carbonyl (C=O) groups excluding carboxylic acids is 1. The lowest BCUT2D eigenvalue weighted by molar-refractivity contribution is -0.102. The van der Waals surface area contributed by atoms with Gasteiger partial charge in [0.05, 0.1) is 13.2 Å². The molecule has 0 saturated carbocycles. The van der Waals surface area contributed by atoms with E-state index in [1.165, 1.54) is 0 Å². The molecule has 0 heterocycles. The Morgan fingerprint density at radius 2 is 1.80 bits per heavy atom. The Hall–Kier alpha value is -0.710. The van der Waals surface area contributed by atoms with Crippen molar-refractivity contribution < 1.29 is 23.6 Å². The zero-order valence-electron chi connectivity index (χ0n) is 8.88. The van der Waals surface area contributed by atoms with E-state index in [0.717, 1.165) is 0 Å². The van der Waals surface area contributed by atoms with Gasteiger partial charge in [-0.15, -0.1) is 0 Å². The zero-order chi connectivity index (χ0) is 11.7. The van der Waals surface area contributed by atoms with E-state index in [1.807, 2.05) is 13.8 Å². The van der Waals surface area contributed by atoms with Gasteiger partial charge in [-0.3, -0.25) is 9.36 Å². The van der Waals surface area contributed by atoms with Gasteiger partial charge in [-0.25, -0.2) is 0 Å². The van der Waals surface area contributed by atoms with Crippen molar-refractivity contribution in [2.24, 2.45) is 5.16 Å². The highest BCUT2D eigenvalue weighted by molar-refractivity contribution is 7.74. The number of hydrogen-bond acceptors (Lipinski definition) is 6. The maximum atomic E-state index is 11.9. The normalized spacial score (nSPS) is 12.8. The van der Waals surface area contributed by atoms with Crippen LogP contribution in [0.4, 0.5) is 0 Å². The summed E-state index contributed by atoms with van der Waals surface area (Å²) in [5.41, 5.74) is -0.593. The van der Waals surface area contributed by atoms with Crippen LogP contribution in [0, 0.1) is 0 Å². The van der Waals surface area contributed by atoms with Crippen molar-refractivity contribution in [3.8, 4) is 0 Å². The fourth-order valence-electron chi connectivity index (χ4n) is 0.735. The SMILES string of the molecule is CCCOP(=O)(OCCC)/C(C=O)=N/O. The van der Waals surface area contributed by atoms with Crippen molar-refractivity contribution in [2.45, 2.75) is 26.7 Å². The van der Waals surface area contributed by atoms with Crippen LogP contribution in [0.2, 0.25) is 0 Å². The molecular weight excluding hydrogens is 221 g/mol. The third-order valence-corrected chi connectivity index (χ3v) is 3.22. The first-order valence-electron chi connectivity index (χ1n) is 4.71. The molecule has 0 radical (unpaired) electrons. The third kappa shape index (κ3) is 4.55. The second-order valence-corrected chi connectivity index (χ2v) is 4.71. The van der Waals surface area contributed by atoms with E-state index in [9.17, 15) is 9.36 Å². The largest absolute Gasteiger partial charge is 0.410 e. The molecule has 0 fully saturated rings. The summed E-state index contributed by atoms with van der Waals surface area (Å²) in [5.74, 6) is 0. The summed E-state index contributed by atoms with van der Waals surface area (Å²) in [5, 5.41) is 11.1. The lowest BCUT2D eigenvalue weighted by atomic mass is 10.5. The maximum absolute atomic E-state index is 11.9. The van der Waals surface area contributed by atoms with Gasteiger partial charge >= 0.3 is 7.60 Å². The molecule has 0 spiro atoms. The number of carbonyl (C=O) groups is 1. The zero-order valence-corrected chi connectivity index (χ0v) is 9.77. The minimum absolute atomic E-state index is 0.173. The van der Waals surface area contributed by atoms with Gasteiger partial charge in [0.25, 0.3) is 0 Å². The van der Waals surface area contributed by atoms with Crippen LogP contribution in [0.1, 0.15) is 26.7 Å². The molecule has 0 aromatic heterocycles. The fourth-order valence-corrected chi connectivity index (χ4v) is 2.16. The van der Waals surface area contributed by atoms with Gasteiger partial charge in [-0.1, -0.05) is 19.0 Å². The van der Waals surface area contributed by atoms with Crippen LogP contribution in [0.3, 0.4) is 0 Å². The third-order valence-electron chi connectivity index (χ3n) is 1.42. The number of aldehydes is 1. The molecule has 88 valence electrons. The van der Waals surface area contributed by atoms with Gasteiger partial charge in [-0.2, -0.15) is 0 Å². The first kappa shape index (κ1) is 14.3. The van der Waals surface area contributed by atoms with E-state index in [-0.39, 0.29) is 19.5 Å². The van der Waals surface area contributed by atoms with Crippen molar-refractivity contribution in [1.29, 1.82) is 0 Å². The molecule has 0 amide bonds. The fraction of sp³-hybridized carbons (Fsp3) is 0.750. The average molecular weight is 237 g/mol. The summed E-state index contributed by atoms with van der Waals surface area (Å²) < 4.78 is 21.8. The Morgan fingerprint density at radius 3 is 2.07 bits per heavy atom. The highest BCUT2D eigenvalue weighted by atomic mass is 31.2. The van der Waals surface area contributed by atoms with Crippen LogP contribution in [-0.4, -0.2) is 30.2 Å².